The van der Waals surface area contributed by atoms with E-state index in [0.717, 1.165) is 18.4 Å². The van der Waals surface area contributed by atoms with Gasteiger partial charge in [0.15, 0.2) is 0 Å². The number of amides is 2. The predicted octanol–water partition coefficient (Wildman–Crippen LogP) is 2.58. The average molecular weight is 508 g/mol. The maximum atomic E-state index is 14.3. The Hall–Kier alpha value is -4.04. The van der Waals surface area contributed by atoms with Crippen molar-refractivity contribution >= 4 is 23.0 Å². The first-order chi connectivity index (χ1) is 17.5. The van der Waals surface area contributed by atoms with Gasteiger partial charge in [0.2, 0.25) is 5.91 Å². The number of anilines is 1. The zero-order chi connectivity index (χ0) is 26.7. The molecule has 1 saturated carbocycles. The van der Waals surface area contributed by atoms with E-state index in [9.17, 15) is 19.1 Å². The highest BCUT2D eigenvalue weighted by molar-refractivity contribution is 6.00. The van der Waals surface area contributed by atoms with Crippen LogP contribution in [0.15, 0.2) is 36.7 Å². The van der Waals surface area contributed by atoms with E-state index in [1.807, 2.05) is 12.1 Å². The molecule has 10 nitrogen and oxygen atoms in total. The molecular formula is C26H30FN7O3. The van der Waals surface area contributed by atoms with Crippen molar-refractivity contribution in [1.29, 1.82) is 5.26 Å². The van der Waals surface area contributed by atoms with Crippen LogP contribution in [0.25, 0.3) is 16.9 Å². The van der Waals surface area contributed by atoms with Gasteiger partial charge < -0.3 is 21.1 Å². The van der Waals surface area contributed by atoms with Crippen LogP contribution >= 0.6 is 0 Å². The number of alkyl halides is 1. The topological polar surface area (TPSA) is 144 Å². The highest BCUT2D eigenvalue weighted by atomic mass is 19.1. The summed E-state index contributed by atoms with van der Waals surface area (Å²) in [7, 11) is 0. The van der Waals surface area contributed by atoms with Crippen LogP contribution in [0.4, 0.5) is 10.1 Å². The minimum atomic E-state index is -1.65. The monoisotopic (exact) mass is 507 g/mol. The number of hydrogen-bond donors (Lipinski definition) is 4. The predicted molar refractivity (Wildman–Crippen MR) is 136 cm³/mol. The second-order valence-electron chi connectivity index (χ2n) is 9.91. The Morgan fingerprint density at radius 3 is 2.73 bits per heavy atom. The van der Waals surface area contributed by atoms with Crippen LogP contribution in [0, 0.1) is 11.3 Å². The van der Waals surface area contributed by atoms with E-state index in [2.05, 4.69) is 32.1 Å². The third-order valence-corrected chi connectivity index (χ3v) is 6.45. The minimum absolute atomic E-state index is 0.00400. The van der Waals surface area contributed by atoms with Gasteiger partial charge >= 0.3 is 0 Å². The molecule has 0 spiro atoms. The molecule has 194 valence electrons. The van der Waals surface area contributed by atoms with Gasteiger partial charge in [-0.05, 0) is 57.4 Å². The smallest absolute Gasteiger partial charge is 0.255 e. The Morgan fingerprint density at radius 1 is 1.27 bits per heavy atom. The second-order valence-corrected chi connectivity index (χ2v) is 9.91. The summed E-state index contributed by atoms with van der Waals surface area (Å²) in [5.41, 5.74) is 1.53. The van der Waals surface area contributed by atoms with Gasteiger partial charge in [0.25, 0.3) is 5.91 Å². The number of aliphatic hydroxyl groups is 1. The number of pyridine rings is 1. The lowest BCUT2D eigenvalue weighted by molar-refractivity contribution is -0.119. The Bertz CT molecular complexity index is 1360. The molecule has 1 fully saturated rings. The molecule has 3 heterocycles. The van der Waals surface area contributed by atoms with Crippen molar-refractivity contribution in [3.63, 3.8) is 0 Å². The molecule has 0 radical (unpaired) electrons. The van der Waals surface area contributed by atoms with E-state index >= 15 is 0 Å². The molecule has 3 atom stereocenters. The van der Waals surface area contributed by atoms with E-state index in [-0.39, 0.29) is 30.1 Å². The summed E-state index contributed by atoms with van der Waals surface area (Å²) in [6.07, 6.45) is 3.53. The maximum Gasteiger partial charge on any atom is 0.255 e. The van der Waals surface area contributed by atoms with Crippen molar-refractivity contribution in [2.24, 2.45) is 0 Å². The lowest BCUT2D eigenvalue weighted by Crippen LogP contribution is -2.42. The number of halogens is 1. The Morgan fingerprint density at radius 2 is 2.03 bits per heavy atom. The molecule has 4 rings (SSSR count). The van der Waals surface area contributed by atoms with Crippen molar-refractivity contribution in [2.75, 3.05) is 11.9 Å². The van der Waals surface area contributed by atoms with Crippen molar-refractivity contribution in [2.45, 2.75) is 63.9 Å². The molecular weight excluding hydrogens is 477 g/mol. The van der Waals surface area contributed by atoms with E-state index < -0.39 is 17.7 Å². The number of aromatic nitrogens is 3. The highest BCUT2D eigenvalue weighted by Crippen LogP contribution is 2.29. The fourth-order valence-corrected chi connectivity index (χ4v) is 4.43. The van der Waals surface area contributed by atoms with Gasteiger partial charge in [0.05, 0.1) is 52.1 Å². The zero-order valence-corrected chi connectivity index (χ0v) is 21.0. The summed E-state index contributed by atoms with van der Waals surface area (Å²) in [5, 5.41) is 32.2. The summed E-state index contributed by atoms with van der Waals surface area (Å²) < 4.78 is 15.9. The first-order valence-corrected chi connectivity index (χ1v) is 12.1. The molecule has 37 heavy (non-hydrogen) atoms. The largest absolute Gasteiger partial charge is 0.387 e. The number of nitriles is 1. The first kappa shape index (κ1) is 26.0. The summed E-state index contributed by atoms with van der Waals surface area (Å²) >= 11 is 0. The number of fused-ring (bicyclic) bond motifs is 1. The van der Waals surface area contributed by atoms with E-state index in [0.29, 0.717) is 29.1 Å². The summed E-state index contributed by atoms with van der Waals surface area (Å²) in [6.45, 7) is 3.81. The Kier molecular flexibility index (Phi) is 7.40. The van der Waals surface area contributed by atoms with E-state index in [1.165, 1.54) is 33.2 Å². The molecule has 3 aromatic heterocycles. The number of nitrogens with zero attached hydrogens (tertiary/aromatic N) is 4. The molecule has 0 unspecified atom stereocenters. The van der Waals surface area contributed by atoms with Gasteiger partial charge in [-0.3, -0.25) is 14.6 Å². The minimum Gasteiger partial charge on any atom is -0.387 e. The van der Waals surface area contributed by atoms with Crippen molar-refractivity contribution in [1.82, 2.24) is 25.2 Å². The van der Waals surface area contributed by atoms with Gasteiger partial charge in [-0.1, -0.05) is 0 Å². The molecule has 2 amide bonds. The van der Waals surface area contributed by atoms with Crippen LogP contribution in [-0.4, -0.2) is 61.9 Å². The lowest BCUT2D eigenvalue weighted by Gasteiger charge is -2.23. The number of carbonyl (C=O) groups is 2. The van der Waals surface area contributed by atoms with Gasteiger partial charge in [-0.25, -0.2) is 8.91 Å². The molecule has 0 saturated heterocycles. The Balaban J connectivity index is 1.63. The van der Waals surface area contributed by atoms with E-state index in [1.54, 1.807) is 16.6 Å². The summed E-state index contributed by atoms with van der Waals surface area (Å²) in [6, 6.07) is 9.22. The number of rotatable bonds is 8. The molecule has 0 aliphatic heterocycles. The third-order valence-electron chi connectivity index (χ3n) is 6.45. The molecule has 1 aliphatic carbocycles. The summed E-state index contributed by atoms with van der Waals surface area (Å²) in [5.74, 6) is -0.613. The molecule has 0 bridgehead atoms. The van der Waals surface area contributed by atoms with Crippen molar-refractivity contribution in [3.05, 3.63) is 47.8 Å². The Labute approximate surface area is 213 Å². The molecule has 11 heteroatoms. The third kappa shape index (κ3) is 6.03. The fourth-order valence-electron chi connectivity index (χ4n) is 4.43. The van der Waals surface area contributed by atoms with Gasteiger partial charge in [-0.2, -0.15) is 10.4 Å². The van der Waals surface area contributed by atoms with Crippen molar-refractivity contribution < 1.29 is 19.1 Å². The molecule has 0 aromatic carbocycles. The van der Waals surface area contributed by atoms with Crippen LogP contribution in [-0.2, 0) is 4.79 Å². The number of hydrogen-bond acceptors (Lipinski definition) is 7. The highest BCUT2D eigenvalue weighted by Gasteiger charge is 2.29. The summed E-state index contributed by atoms with van der Waals surface area (Å²) in [4.78, 5) is 29.0. The lowest BCUT2D eigenvalue weighted by atomic mass is 10.0. The van der Waals surface area contributed by atoms with E-state index in [4.69, 9.17) is 5.26 Å². The average Bonchev–Trinajstić information content (AvgIpc) is 3.47. The van der Waals surface area contributed by atoms with Gasteiger partial charge in [0, 0.05) is 25.2 Å². The maximum absolute atomic E-state index is 14.3. The van der Waals surface area contributed by atoms with Crippen LogP contribution in [0.1, 0.15) is 56.0 Å². The molecule has 1 aliphatic rings. The second kappa shape index (κ2) is 10.5. The van der Waals surface area contributed by atoms with Gasteiger partial charge in [0.1, 0.15) is 12.2 Å². The van der Waals surface area contributed by atoms with Gasteiger partial charge in [-0.15, -0.1) is 0 Å². The standard InChI is InChI=1S/C26H30FN7O3/c1-15(35)32-17-4-5-18(9-17)33-21-10-22(23-7-6-19-8-16(11-28)12-31-34(19)23)29-13-20(21)25(36)30-14-24(27)26(2,3)37/h6-8,10,12-13,17-18,24,37H,4-5,9,14H2,1-3H3,(H,29,33)(H,30,36)(H,32,35)/t17-,18-,24-/m1/s1. The van der Waals surface area contributed by atoms with Crippen LogP contribution in [0.3, 0.4) is 0 Å². The first-order valence-electron chi connectivity index (χ1n) is 12.1. The molecule has 3 aromatic rings. The number of carbonyl (C=O) groups excluding carboxylic acids is 2. The fraction of sp³-hybridized carbons (Fsp3) is 0.423. The van der Waals surface area contributed by atoms with Crippen molar-refractivity contribution in [3.8, 4) is 17.5 Å². The normalized spacial score (nSPS) is 18.3. The number of nitrogens with one attached hydrogen (secondary N) is 3. The van der Waals surface area contributed by atoms with Crippen LogP contribution in [0.2, 0.25) is 0 Å². The van der Waals surface area contributed by atoms with Crippen LogP contribution in [0.5, 0.6) is 0 Å². The van der Waals surface area contributed by atoms with Crippen LogP contribution < -0.4 is 16.0 Å². The molecule has 4 N–H and O–H groups in total. The SMILES string of the molecule is CC(=O)N[C@@H]1CC[C@@H](Nc2cc(-c3ccc4cc(C#N)cnn34)ncc2C(=O)NC[C@@H](F)C(C)(C)O)C1. The quantitative estimate of drug-likeness (QED) is 0.367. The zero-order valence-electron chi connectivity index (χ0n) is 21.0.